The van der Waals surface area contributed by atoms with Crippen LogP contribution < -0.4 is 46.8 Å². The molecule has 99 heavy (non-hydrogen) atoms. The number of aromatic amines is 3. The monoisotopic (exact) mass is 1420 g/mol. The Kier molecular flexibility index (Phi) is 21.1. The maximum absolute atomic E-state index is 12.6. The highest BCUT2D eigenvalue weighted by Gasteiger charge is 2.23. The first kappa shape index (κ1) is 66.9. The van der Waals surface area contributed by atoms with Crippen molar-refractivity contribution in [3.63, 3.8) is 0 Å². The first-order chi connectivity index (χ1) is 48.2. The summed E-state index contributed by atoms with van der Waals surface area (Å²) in [5.41, 5.74) is 5.88. The lowest BCUT2D eigenvalue weighted by Crippen LogP contribution is -2.37. The predicted octanol–water partition coefficient (Wildman–Crippen LogP) is 16.0. The highest BCUT2D eigenvalue weighted by atomic mass is 35.5. The zero-order valence-electron chi connectivity index (χ0n) is 53.7. The van der Waals surface area contributed by atoms with Gasteiger partial charge in [0.15, 0.2) is 32.9 Å². The molecule has 24 nitrogen and oxygen atoms in total. The average Bonchev–Trinajstić information content (AvgIpc) is 1.05. The molecular weight excluding hydrogens is 1350 g/mol. The number of aryl methyl sites for hydroxylation is 3. The molecule has 5 aromatic carbocycles. The van der Waals surface area contributed by atoms with Gasteiger partial charge in [0.2, 0.25) is 0 Å². The molecule has 3 aliphatic rings. The van der Waals surface area contributed by atoms with Crippen LogP contribution in [0.2, 0.25) is 10.0 Å². The van der Waals surface area contributed by atoms with Crippen LogP contribution in [0.5, 0.6) is 0 Å². The number of nitrogens with zero attached hydrogens (tertiary/aromatic N) is 13. The Morgan fingerprint density at radius 1 is 0.444 bits per heavy atom. The summed E-state index contributed by atoms with van der Waals surface area (Å²) < 4.78 is 1.61. The molecule has 0 atom stereocenters. The van der Waals surface area contributed by atoms with Gasteiger partial charge in [0.1, 0.15) is 34.9 Å². The molecule has 12 aromatic rings. The van der Waals surface area contributed by atoms with Crippen LogP contribution in [0.1, 0.15) is 64.2 Å². The molecule has 8 N–H and O–H groups in total. The smallest absolute Gasteiger partial charge is 0.257 e. The second-order valence-corrected chi connectivity index (χ2v) is 27.0. The van der Waals surface area contributed by atoms with Gasteiger partial charge in [-0.2, -0.15) is 15.3 Å². The number of amides is 2. The van der Waals surface area contributed by atoms with Crippen LogP contribution in [0.15, 0.2) is 217 Å². The van der Waals surface area contributed by atoms with Gasteiger partial charge in [-0.3, -0.25) is 34.2 Å². The molecule has 510 valence electrons. The predicted molar refractivity (Wildman–Crippen MR) is 403 cm³/mol. The van der Waals surface area contributed by atoms with E-state index in [0.717, 1.165) is 113 Å². The Morgan fingerprint density at radius 3 is 1.34 bits per heavy atom. The number of halogens is 2. The molecule has 0 spiro atoms. The Hall–Kier alpha value is -10.7. The number of hydrogen-bond donors (Lipinski definition) is 8. The summed E-state index contributed by atoms with van der Waals surface area (Å²) in [7, 11) is 0. The number of carbonyl (C=O) groups is 2. The van der Waals surface area contributed by atoms with Crippen LogP contribution in [-0.2, 0) is 0 Å². The molecule has 3 saturated heterocycles. The number of benzene rings is 5. The van der Waals surface area contributed by atoms with Crippen molar-refractivity contribution in [2.75, 3.05) is 80.6 Å². The van der Waals surface area contributed by atoms with E-state index in [-0.39, 0.29) is 24.5 Å². The van der Waals surface area contributed by atoms with Crippen molar-refractivity contribution in [2.24, 2.45) is 0 Å². The molecule has 10 heterocycles. The average molecular weight is 1430 g/mol. The van der Waals surface area contributed by atoms with Crippen molar-refractivity contribution in [3.8, 4) is 5.69 Å². The Morgan fingerprint density at radius 2 is 0.899 bits per heavy atom. The number of para-hydroxylation sites is 1. The summed E-state index contributed by atoms with van der Waals surface area (Å²) in [4.78, 5) is 75.0. The zero-order valence-corrected chi connectivity index (χ0v) is 57.7. The van der Waals surface area contributed by atoms with Crippen LogP contribution in [0.3, 0.4) is 0 Å². The van der Waals surface area contributed by atoms with Gasteiger partial charge in [0, 0.05) is 144 Å². The van der Waals surface area contributed by atoms with Crippen molar-refractivity contribution >= 4 is 134 Å². The van der Waals surface area contributed by atoms with Crippen molar-refractivity contribution in [3.05, 3.63) is 231 Å². The molecule has 3 fully saturated rings. The van der Waals surface area contributed by atoms with Crippen molar-refractivity contribution in [1.82, 2.24) is 65.1 Å². The van der Waals surface area contributed by atoms with Crippen LogP contribution in [0, 0.1) is 20.8 Å². The third-order valence-electron chi connectivity index (χ3n) is 15.5. The summed E-state index contributed by atoms with van der Waals surface area (Å²) in [5.74, 6) is 6.38. The van der Waals surface area contributed by atoms with Gasteiger partial charge in [-0.05, 0) is 172 Å². The van der Waals surface area contributed by atoms with Gasteiger partial charge in [-0.15, -0.1) is 0 Å². The van der Waals surface area contributed by atoms with Gasteiger partial charge in [0.25, 0.3) is 17.4 Å². The molecule has 0 saturated carbocycles. The SMILES string of the molecule is Cc1cc(Nc2cc(N3CCC3)nc(Sc3ccc(-n4ccccc4=O)cc3)n2)n[nH]1.Cc1cc(Nc2cc(N3CCC3)nc(Sc3ccc(C(=O)Nc4ccccc4Cl)cc3)n2)n[nH]1.Cc1cc(Nc2cc(N3CCC3)nc(Sc3cccc(NC(=O)c4ccccc4Cl)c3)n2)n[nH]1.[HH].[HH].[HH].[HH].[HH]. The number of carbonyl (C=O) groups excluding carboxylic acids is 2. The lowest BCUT2D eigenvalue weighted by molar-refractivity contribution is 0.101. The fourth-order valence-electron chi connectivity index (χ4n) is 10.1. The highest BCUT2D eigenvalue weighted by Crippen LogP contribution is 2.35. The van der Waals surface area contributed by atoms with E-state index < -0.39 is 0 Å². The molecule has 7 aromatic heterocycles. The number of pyridine rings is 1. The van der Waals surface area contributed by atoms with Crippen LogP contribution in [0.4, 0.5) is 63.7 Å². The molecule has 15 rings (SSSR count). The van der Waals surface area contributed by atoms with Gasteiger partial charge in [0.05, 0.1) is 21.3 Å². The lowest BCUT2D eigenvalue weighted by Gasteiger charge is -2.32. The zero-order chi connectivity index (χ0) is 68.2. The first-order valence-electron chi connectivity index (χ1n) is 31.6. The second-order valence-electron chi connectivity index (χ2n) is 23.0. The van der Waals surface area contributed by atoms with Gasteiger partial charge < -0.3 is 41.3 Å². The lowest BCUT2D eigenvalue weighted by atomic mass is 10.2. The molecule has 3 aliphatic heterocycles. The van der Waals surface area contributed by atoms with Gasteiger partial charge in [-0.1, -0.05) is 59.6 Å². The molecule has 29 heteroatoms. The number of rotatable bonds is 20. The van der Waals surface area contributed by atoms with Crippen molar-refractivity contribution in [1.29, 1.82) is 0 Å². The van der Waals surface area contributed by atoms with Crippen molar-refractivity contribution < 1.29 is 16.7 Å². The molecular formula is C70H75Cl2N21O3S3. The minimum atomic E-state index is -0.260. The fraction of sp³-hybridized carbons (Fsp3) is 0.171. The normalized spacial score (nSPS) is 12.9. The van der Waals surface area contributed by atoms with E-state index in [0.29, 0.717) is 77.1 Å². The van der Waals surface area contributed by atoms with E-state index in [1.54, 1.807) is 71.4 Å². The first-order valence-corrected chi connectivity index (χ1v) is 34.8. The number of anilines is 11. The summed E-state index contributed by atoms with van der Waals surface area (Å²) in [6.45, 7) is 11.8. The molecule has 0 radical (unpaired) electrons. The number of hydrogen-bond acceptors (Lipinski definition) is 21. The minimum Gasteiger partial charge on any atom is -0.356 e. The van der Waals surface area contributed by atoms with E-state index in [1.807, 2.05) is 136 Å². The number of nitrogens with one attached hydrogen (secondary N) is 8. The van der Waals surface area contributed by atoms with Crippen molar-refractivity contribution in [2.45, 2.75) is 70.2 Å². The Balaban J connectivity index is 0.000000193. The minimum absolute atomic E-state index is 0. The summed E-state index contributed by atoms with van der Waals surface area (Å²) in [5, 5.41) is 39.8. The Bertz CT molecular complexity index is 4910. The largest absolute Gasteiger partial charge is 0.356 e. The van der Waals surface area contributed by atoms with E-state index in [2.05, 4.69) is 86.8 Å². The molecule has 0 aliphatic carbocycles. The molecule has 0 unspecified atom stereocenters. The molecule has 0 bridgehead atoms. The number of H-pyrrole nitrogens is 3. The van der Waals surface area contributed by atoms with E-state index in [4.69, 9.17) is 38.2 Å². The maximum Gasteiger partial charge on any atom is 0.257 e. The van der Waals surface area contributed by atoms with E-state index in [1.165, 1.54) is 41.7 Å². The van der Waals surface area contributed by atoms with Gasteiger partial charge in [-0.25, -0.2) is 29.9 Å². The molecule has 2 amide bonds. The van der Waals surface area contributed by atoms with Gasteiger partial charge >= 0.3 is 0 Å². The van der Waals surface area contributed by atoms with E-state index >= 15 is 0 Å². The van der Waals surface area contributed by atoms with Crippen LogP contribution in [-0.4, -0.2) is 116 Å². The third-order valence-corrected chi connectivity index (χ3v) is 18.8. The standard InChI is InChI=1S/2C24H22ClN7OS.C22H21N7OS.5H2/c1-15-12-21(31-30-15)27-20-14-22(32-10-5-11-32)29-24(28-20)34-17-7-4-6-16(13-17)26-23(33)18-8-2-3-9-19(18)25;1-15-13-21(31-30-15)27-20-14-22(32-11-4-12-32)29-24(28-20)34-17-9-7-16(8-10-17)23(33)26-19-6-3-2-5-18(19)25;1-15-13-19(27-26-15)23-18-14-20(28-10-4-11-28)25-22(24-18)31-17-8-6-16(7-9-17)29-12-3-2-5-21(29)30;;;;;/h2-4,6-9,12-14H,5,10-11H2,1H3,(H,26,33)(H2,27,28,29,30,31);2-3,5-10,13-14H,4,11-12H2,1H3,(H,26,33)(H2,27,28,29,30,31);2-3,5-9,12-14H,4,10-11H2,1H3,(H2,23,24,25,26,27);5*1H. The summed E-state index contributed by atoms with van der Waals surface area (Å²) >= 11 is 16.7. The maximum atomic E-state index is 12.6. The third kappa shape index (κ3) is 17.7. The Labute approximate surface area is 599 Å². The van der Waals surface area contributed by atoms with Crippen LogP contribution >= 0.6 is 58.5 Å². The summed E-state index contributed by atoms with van der Waals surface area (Å²) in [6, 6.07) is 53.5. The summed E-state index contributed by atoms with van der Waals surface area (Å²) in [6.07, 6.45) is 5.25. The highest BCUT2D eigenvalue weighted by molar-refractivity contribution is 7.99. The fourth-order valence-corrected chi connectivity index (χ4v) is 12.8. The quantitative estimate of drug-likeness (QED) is 0.0329. The topological polar surface area (TPSA) is 289 Å². The number of aromatic nitrogens is 13. The van der Waals surface area contributed by atoms with E-state index in [9.17, 15) is 14.4 Å². The second kappa shape index (κ2) is 31.2. The van der Waals surface area contributed by atoms with Crippen LogP contribution in [0.25, 0.3) is 5.69 Å².